The number of aliphatic hydroxyl groups excluding tert-OH is 1. The second-order valence-electron chi connectivity index (χ2n) is 4.12. The van der Waals surface area contributed by atoms with Crippen LogP contribution in [0.25, 0.3) is 0 Å². The van der Waals surface area contributed by atoms with E-state index >= 15 is 0 Å². The molecular formula is C11H19N3O. The first kappa shape index (κ1) is 11.9. The predicted molar refractivity (Wildman–Crippen MR) is 60.7 cm³/mol. The fraction of sp³-hybridized carbons (Fsp3) is 0.636. The maximum absolute atomic E-state index is 8.97. The zero-order valence-corrected chi connectivity index (χ0v) is 9.81. The Hall–Kier alpha value is -1.16. The van der Waals surface area contributed by atoms with E-state index < -0.39 is 0 Å². The molecule has 84 valence electrons. The van der Waals surface area contributed by atoms with Crippen LogP contribution in [0.4, 0.5) is 5.82 Å². The number of aromatic nitrogens is 2. The number of rotatable bonds is 4. The van der Waals surface area contributed by atoms with Gasteiger partial charge in [-0.05, 0) is 12.8 Å². The summed E-state index contributed by atoms with van der Waals surface area (Å²) in [5.74, 6) is 1.36. The third-order valence-corrected chi connectivity index (χ3v) is 2.77. The van der Waals surface area contributed by atoms with Crippen LogP contribution in [-0.2, 0) is 6.61 Å². The molecule has 0 aliphatic carbocycles. The molecule has 1 aromatic heterocycles. The molecule has 0 aliphatic rings. The van der Waals surface area contributed by atoms with Gasteiger partial charge in [0.15, 0.2) is 0 Å². The van der Waals surface area contributed by atoms with Crippen molar-refractivity contribution in [2.45, 2.75) is 33.4 Å². The Morgan fingerprint density at radius 2 is 2.00 bits per heavy atom. The molecule has 0 amide bonds. The third-order valence-electron chi connectivity index (χ3n) is 2.77. The third kappa shape index (κ3) is 2.89. The van der Waals surface area contributed by atoms with Crippen LogP contribution in [0.5, 0.6) is 0 Å². The van der Waals surface area contributed by atoms with E-state index in [2.05, 4.69) is 35.6 Å². The normalized spacial score (nSPS) is 12.9. The second kappa shape index (κ2) is 5.07. The highest BCUT2D eigenvalue weighted by Gasteiger charge is 2.14. The van der Waals surface area contributed by atoms with Crippen molar-refractivity contribution in [2.24, 2.45) is 5.92 Å². The molecule has 0 saturated heterocycles. The summed E-state index contributed by atoms with van der Waals surface area (Å²) in [5, 5.41) is 8.97. The zero-order valence-electron chi connectivity index (χ0n) is 9.81. The fourth-order valence-corrected chi connectivity index (χ4v) is 1.30. The number of hydrogen-bond donors (Lipinski definition) is 1. The molecule has 15 heavy (non-hydrogen) atoms. The van der Waals surface area contributed by atoms with E-state index in [-0.39, 0.29) is 6.61 Å². The molecule has 1 atom stereocenters. The van der Waals surface area contributed by atoms with Gasteiger partial charge in [-0.15, -0.1) is 0 Å². The molecule has 0 aliphatic heterocycles. The van der Waals surface area contributed by atoms with Gasteiger partial charge in [-0.25, -0.2) is 4.98 Å². The smallest absolute Gasteiger partial charge is 0.147 e. The number of anilines is 1. The summed E-state index contributed by atoms with van der Waals surface area (Å²) in [6, 6.07) is 0.397. The van der Waals surface area contributed by atoms with Crippen LogP contribution in [0.3, 0.4) is 0 Å². The van der Waals surface area contributed by atoms with Gasteiger partial charge in [0, 0.05) is 13.1 Å². The topological polar surface area (TPSA) is 49.2 Å². The van der Waals surface area contributed by atoms with Crippen LogP contribution < -0.4 is 4.90 Å². The van der Waals surface area contributed by atoms with Crippen molar-refractivity contribution in [3.05, 3.63) is 18.1 Å². The highest BCUT2D eigenvalue weighted by molar-refractivity contribution is 5.36. The van der Waals surface area contributed by atoms with Gasteiger partial charge in [-0.1, -0.05) is 13.8 Å². The Kier molecular flexibility index (Phi) is 4.03. The molecule has 4 nitrogen and oxygen atoms in total. The first-order valence-corrected chi connectivity index (χ1v) is 5.21. The van der Waals surface area contributed by atoms with E-state index in [1.54, 1.807) is 12.4 Å². The average Bonchev–Trinajstić information content (AvgIpc) is 2.27. The van der Waals surface area contributed by atoms with Gasteiger partial charge in [-0.3, -0.25) is 4.98 Å². The summed E-state index contributed by atoms with van der Waals surface area (Å²) >= 11 is 0. The SMILES string of the molecule is CC(C)C(C)N(C)c1cncc(CO)n1. The lowest BCUT2D eigenvalue weighted by Crippen LogP contribution is -2.34. The van der Waals surface area contributed by atoms with Crippen molar-refractivity contribution in [3.63, 3.8) is 0 Å². The van der Waals surface area contributed by atoms with E-state index in [1.807, 2.05) is 7.05 Å². The summed E-state index contributed by atoms with van der Waals surface area (Å²) < 4.78 is 0. The predicted octanol–water partition coefficient (Wildman–Crippen LogP) is 1.45. The van der Waals surface area contributed by atoms with Gasteiger partial charge >= 0.3 is 0 Å². The average molecular weight is 209 g/mol. The van der Waals surface area contributed by atoms with Gasteiger partial charge in [-0.2, -0.15) is 0 Å². The Balaban J connectivity index is 2.85. The largest absolute Gasteiger partial charge is 0.390 e. The summed E-state index contributed by atoms with van der Waals surface area (Å²) in [6.45, 7) is 6.43. The quantitative estimate of drug-likeness (QED) is 0.815. The minimum absolute atomic E-state index is 0.0647. The minimum atomic E-state index is -0.0647. The summed E-state index contributed by atoms with van der Waals surface area (Å²) in [7, 11) is 2.00. The zero-order chi connectivity index (χ0) is 11.4. The lowest BCUT2D eigenvalue weighted by atomic mass is 10.1. The Morgan fingerprint density at radius 1 is 1.33 bits per heavy atom. The van der Waals surface area contributed by atoms with Crippen molar-refractivity contribution in [1.82, 2.24) is 9.97 Å². The monoisotopic (exact) mass is 209 g/mol. The first-order valence-electron chi connectivity index (χ1n) is 5.21. The maximum atomic E-state index is 8.97. The van der Waals surface area contributed by atoms with Crippen LogP contribution in [0, 0.1) is 5.92 Å². The Morgan fingerprint density at radius 3 is 2.53 bits per heavy atom. The van der Waals surface area contributed by atoms with Crippen LogP contribution in [0.2, 0.25) is 0 Å². The molecule has 0 fully saturated rings. The fourth-order valence-electron chi connectivity index (χ4n) is 1.30. The van der Waals surface area contributed by atoms with Crippen LogP contribution in [0.1, 0.15) is 26.5 Å². The van der Waals surface area contributed by atoms with Crippen LogP contribution in [0.15, 0.2) is 12.4 Å². The van der Waals surface area contributed by atoms with Gasteiger partial charge < -0.3 is 10.0 Å². The molecule has 1 aromatic rings. The molecule has 1 N–H and O–H groups in total. The molecule has 1 heterocycles. The highest BCUT2D eigenvalue weighted by atomic mass is 16.3. The van der Waals surface area contributed by atoms with Gasteiger partial charge in [0.05, 0.1) is 24.7 Å². The van der Waals surface area contributed by atoms with Gasteiger partial charge in [0.1, 0.15) is 5.82 Å². The molecule has 1 unspecified atom stereocenters. The number of aliphatic hydroxyl groups is 1. The van der Waals surface area contributed by atoms with Crippen LogP contribution in [-0.4, -0.2) is 28.2 Å². The first-order chi connectivity index (χ1) is 7.06. The number of hydrogen-bond acceptors (Lipinski definition) is 4. The Bertz CT molecular complexity index is 314. The van der Waals surface area contributed by atoms with Crippen molar-refractivity contribution < 1.29 is 5.11 Å². The molecular weight excluding hydrogens is 190 g/mol. The number of nitrogens with zero attached hydrogens (tertiary/aromatic N) is 3. The molecule has 0 bridgehead atoms. The molecule has 0 saturated carbocycles. The summed E-state index contributed by atoms with van der Waals surface area (Å²) in [4.78, 5) is 10.4. The lowest BCUT2D eigenvalue weighted by molar-refractivity contribution is 0.276. The van der Waals surface area contributed by atoms with Crippen molar-refractivity contribution in [3.8, 4) is 0 Å². The lowest BCUT2D eigenvalue weighted by Gasteiger charge is -2.28. The van der Waals surface area contributed by atoms with E-state index in [4.69, 9.17) is 5.11 Å². The summed E-state index contributed by atoms with van der Waals surface area (Å²) in [5.41, 5.74) is 0.607. The van der Waals surface area contributed by atoms with E-state index in [9.17, 15) is 0 Å². The second-order valence-corrected chi connectivity index (χ2v) is 4.12. The van der Waals surface area contributed by atoms with Gasteiger partial charge in [0.2, 0.25) is 0 Å². The van der Waals surface area contributed by atoms with E-state index in [1.165, 1.54) is 0 Å². The molecule has 0 radical (unpaired) electrons. The highest BCUT2D eigenvalue weighted by Crippen LogP contribution is 2.15. The van der Waals surface area contributed by atoms with Crippen molar-refractivity contribution >= 4 is 5.82 Å². The molecule has 4 heteroatoms. The maximum Gasteiger partial charge on any atom is 0.147 e. The molecule has 0 spiro atoms. The Labute approximate surface area is 91.0 Å². The summed E-state index contributed by atoms with van der Waals surface area (Å²) in [6.07, 6.45) is 3.30. The van der Waals surface area contributed by atoms with Gasteiger partial charge in [0.25, 0.3) is 0 Å². The van der Waals surface area contributed by atoms with Crippen LogP contribution >= 0.6 is 0 Å². The standard InChI is InChI=1S/C11H19N3O/c1-8(2)9(3)14(4)11-6-12-5-10(7-15)13-11/h5-6,8-9,15H,7H2,1-4H3. The van der Waals surface area contributed by atoms with E-state index in [0.29, 0.717) is 17.7 Å². The molecule has 0 aromatic carbocycles. The molecule has 1 rings (SSSR count). The van der Waals surface area contributed by atoms with Crippen molar-refractivity contribution in [2.75, 3.05) is 11.9 Å². The van der Waals surface area contributed by atoms with Crippen molar-refractivity contribution in [1.29, 1.82) is 0 Å². The van der Waals surface area contributed by atoms with E-state index in [0.717, 1.165) is 5.82 Å². The minimum Gasteiger partial charge on any atom is -0.390 e.